The van der Waals surface area contributed by atoms with Gasteiger partial charge in [0.2, 0.25) is 0 Å². The molecule has 0 radical (unpaired) electrons. The van der Waals surface area contributed by atoms with Crippen LogP contribution in [0.5, 0.6) is 5.75 Å². The lowest BCUT2D eigenvalue weighted by atomic mass is 10.0. The van der Waals surface area contributed by atoms with Gasteiger partial charge in [0.05, 0.1) is 12.0 Å². The molecule has 1 atom stereocenters. The number of benzene rings is 1. The van der Waals surface area contributed by atoms with Gasteiger partial charge in [0.1, 0.15) is 17.4 Å². The molecule has 0 bridgehead atoms. The van der Waals surface area contributed by atoms with Gasteiger partial charge in [0.15, 0.2) is 0 Å². The van der Waals surface area contributed by atoms with Crippen LogP contribution in [0.25, 0.3) is 0 Å². The number of nitrogens with two attached hydrogens (primary N) is 1. The third kappa shape index (κ3) is 2.68. The predicted molar refractivity (Wildman–Crippen MR) is 67.9 cm³/mol. The number of methoxy groups -OCH3 is 1. The van der Waals surface area contributed by atoms with Gasteiger partial charge in [-0.15, -0.1) is 11.3 Å². The number of hydrogen-bond donors (Lipinski definition) is 1. The first-order chi connectivity index (χ1) is 8.61. The normalized spacial score (nSPS) is 12.4. The summed E-state index contributed by atoms with van der Waals surface area (Å²) < 4.78 is 31.7. The molecule has 2 nitrogen and oxygen atoms in total. The van der Waals surface area contributed by atoms with Crippen molar-refractivity contribution in [3.05, 3.63) is 51.7 Å². The molecular formula is C13H13F2NOS. The third-order valence-corrected chi connectivity index (χ3v) is 3.69. The summed E-state index contributed by atoms with van der Waals surface area (Å²) in [5, 5.41) is 1.86. The van der Waals surface area contributed by atoms with E-state index in [-0.39, 0.29) is 12.0 Å². The predicted octanol–water partition coefficient (Wildman–Crippen LogP) is 3.28. The first-order valence-corrected chi connectivity index (χ1v) is 6.30. The molecule has 1 unspecified atom stereocenters. The lowest BCUT2D eigenvalue weighted by molar-refractivity contribution is 0.408. The van der Waals surface area contributed by atoms with Crippen LogP contribution in [0, 0.1) is 11.6 Å². The highest BCUT2D eigenvalue weighted by molar-refractivity contribution is 7.10. The minimum absolute atomic E-state index is 0.237. The highest BCUT2D eigenvalue weighted by atomic mass is 32.1. The molecule has 1 aromatic carbocycles. The maximum Gasteiger partial charge on any atom is 0.134 e. The second kappa shape index (κ2) is 5.46. The molecule has 0 saturated heterocycles. The SMILES string of the molecule is COc1ccsc1C(N)Cc1cc(F)ccc1F. The summed E-state index contributed by atoms with van der Waals surface area (Å²) in [6.45, 7) is 0. The zero-order valence-electron chi connectivity index (χ0n) is 9.82. The summed E-state index contributed by atoms with van der Waals surface area (Å²) in [5.41, 5.74) is 6.28. The molecule has 96 valence electrons. The lowest BCUT2D eigenvalue weighted by Gasteiger charge is -2.12. The van der Waals surface area contributed by atoms with Crippen LogP contribution in [0.3, 0.4) is 0 Å². The minimum atomic E-state index is -0.461. The van der Waals surface area contributed by atoms with Gasteiger partial charge in [0.25, 0.3) is 0 Å². The van der Waals surface area contributed by atoms with E-state index in [0.717, 1.165) is 17.0 Å². The Kier molecular flexibility index (Phi) is 3.93. The van der Waals surface area contributed by atoms with E-state index >= 15 is 0 Å². The second-order valence-corrected chi connectivity index (χ2v) is 4.85. The molecule has 1 heterocycles. The van der Waals surface area contributed by atoms with Crippen molar-refractivity contribution in [1.82, 2.24) is 0 Å². The average Bonchev–Trinajstić information content (AvgIpc) is 2.82. The highest BCUT2D eigenvalue weighted by Gasteiger charge is 2.16. The Labute approximate surface area is 108 Å². The number of halogens is 2. The molecule has 1 aromatic heterocycles. The summed E-state index contributed by atoms with van der Waals surface area (Å²) in [7, 11) is 1.56. The van der Waals surface area contributed by atoms with E-state index in [1.54, 1.807) is 7.11 Å². The Morgan fingerprint density at radius 2 is 2.11 bits per heavy atom. The molecule has 0 spiro atoms. The van der Waals surface area contributed by atoms with Crippen LogP contribution in [0.2, 0.25) is 0 Å². The second-order valence-electron chi connectivity index (χ2n) is 3.90. The monoisotopic (exact) mass is 269 g/mol. The number of ether oxygens (including phenoxy) is 1. The van der Waals surface area contributed by atoms with Gasteiger partial charge < -0.3 is 10.5 Å². The fourth-order valence-corrected chi connectivity index (χ4v) is 2.64. The Hall–Kier alpha value is -1.46. The molecule has 2 N–H and O–H groups in total. The fraction of sp³-hybridized carbons (Fsp3) is 0.231. The summed E-state index contributed by atoms with van der Waals surface area (Å²) in [6.07, 6.45) is 0.237. The maximum absolute atomic E-state index is 13.5. The number of hydrogen-bond acceptors (Lipinski definition) is 3. The van der Waals surface area contributed by atoms with Crippen molar-refractivity contribution in [3.8, 4) is 5.75 Å². The third-order valence-electron chi connectivity index (χ3n) is 2.66. The van der Waals surface area contributed by atoms with Crippen molar-refractivity contribution < 1.29 is 13.5 Å². The molecule has 0 aliphatic rings. The first kappa shape index (κ1) is 13.0. The van der Waals surface area contributed by atoms with Crippen LogP contribution in [-0.2, 0) is 6.42 Å². The van der Waals surface area contributed by atoms with Crippen molar-refractivity contribution in [2.45, 2.75) is 12.5 Å². The zero-order valence-corrected chi connectivity index (χ0v) is 10.6. The van der Waals surface area contributed by atoms with Crippen LogP contribution in [0.15, 0.2) is 29.6 Å². The van der Waals surface area contributed by atoms with Gasteiger partial charge in [-0.05, 0) is 41.6 Å². The average molecular weight is 269 g/mol. The van der Waals surface area contributed by atoms with E-state index < -0.39 is 17.7 Å². The van der Waals surface area contributed by atoms with Gasteiger partial charge in [-0.2, -0.15) is 0 Å². The van der Waals surface area contributed by atoms with Gasteiger partial charge in [-0.1, -0.05) is 0 Å². The maximum atomic E-state index is 13.5. The van der Waals surface area contributed by atoms with Crippen molar-refractivity contribution in [3.63, 3.8) is 0 Å². The smallest absolute Gasteiger partial charge is 0.134 e. The van der Waals surface area contributed by atoms with Crippen molar-refractivity contribution in [2.24, 2.45) is 5.73 Å². The molecule has 5 heteroatoms. The lowest BCUT2D eigenvalue weighted by Crippen LogP contribution is -2.13. The summed E-state index contributed by atoms with van der Waals surface area (Å²) in [5.74, 6) is -0.219. The van der Waals surface area contributed by atoms with Gasteiger partial charge >= 0.3 is 0 Å². The topological polar surface area (TPSA) is 35.2 Å². The zero-order chi connectivity index (χ0) is 13.1. The van der Waals surface area contributed by atoms with E-state index in [2.05, 4.69) is 0 Å². The van der Waals surface area contributed by atoms with Crippen molar-refractivity contribution >= 4 is 11.3 Å². The van der Waals surface area contributed by atoms with Crippen molar-refractivity contribution in [2.75, 3.05) is 7.11 Å². The highest BCUT2D eigenvalue weighted by Crippen LogP contribution is 2.31. The van der Waals surface area contributed by atoms with Gasteiger partial charge in [0, 0.05) is 6.04 Å². The molecular weight excluding hydrogens is 256 g/mol. The van der Waals surface area contributed by atoms with Crippen LogP contribution < -0.4 is 10.5 Å². The number of rotatable bonds is 4. The quantitative estimate of drug-likeness (QED) is 0.924. The minimum Gasteiger partial charge on any atom is -0.496 e. The Morgan fingerprint density at radius 1 is 1.33 bits per heavy atom. The Morgan fingerprint density at radius 3 is 2.83 bits per heavy atom. The molecule has 0 fully saturated rings. The fourth-order valence-electron chi connectivity index (χ4n) is 1.78. The molecule has 2 aromatic rings. The van der Waals surface area contributed by atoms with E-state index in [9.17, 15) is 8.78 Å². The molecule has 18 heavy (non-hydrogen) atoms. The van der Waals surface area contributed by atoms with Gasteiger partial charge in [-0.25, -0.2) is 8.78 Å². The van der Waals surface area contributed by atoms with Crippen LogP contribution >= 0.6 is 11.3 Å². The summed E-state index contributed by atoms with van der Waals surface area (Å²) in [6, 6.07) is 4.78. The van der Waals surface area contributed by atoms with E-state index in [1.165, 1.54) is 17.4 Å². The molecule has 0 amide bonds. The van der Waals surface area contributed by atoms with Crippen LogP contribution in [0.1, 0.15) is 16.5 Å². The standard InChI is InChI=1S/C13H13F2NOS/c1-17-12-4-5-18-13(12)11(16)7-8-6-9(14)2-3-10(8)15/h2-6,11H,7,16H2,1H3. The van der Waals surface area contributed by atoms with E-state index in [0.29, 0.717) is 5.75 Å². The molecule has 2 rings (SSSR count). The largest absolute Gasteiger partial charge is 0.496 e. The first-order valence-electron chi connectivity index (χ1n) is 5.42. The van der Waals surface area contributed by atoms with Gasteiger partial charge in [-0.3, -0.25) is 0 Å². The summed E-state index contributed by atoms with van der Waals surface area (Å²) >= 11 is 1.45. The Balaban J connectivity index is 2.21. The van der Waals surface area contributed by atoms with E-state index in [1.807, 2.05) is 11.4 Å². The van der Waals surface area contributed by atoms with Crippen LogP contribution in [-0.4, -0.2) is 7.11 Å². The molecule has 0 aliphatic carbocycles. The molecule has 0 aliphatic heterocycles. The van der Waals surface area contributed by atoms with E-state index in [4.69, 9.17) is 10.5 Å². The number of thiophene rings is 1. The summed E-state index contributed by atoms with van der Waals surface area (Å²) in [4.78, 5) is 0.834. The van der Waals surface area contributed by atoms with Crippen molar-refractivity contribution in [1.29, 1.82) is 0 Å². The van der Waals surface area contributed by atoms with Crippen LogP contribution in [0.4, 0.5) is 8.78 Å². The molecule has 0 saturated carbocycles. The Bertz CT molecular complexity index is 542.